The van der Waals surface area contributed by atoms with E-state index < -0.39 is 0 Å². The second kappa shape index (κ2) is 7.76. The van der Waals surface area contributed by atoms with Crippen molar-refractivity contribution in [3.8, 4) is 21.7 Å². The lowest BCUT2D eigenvalue weighted by molar-refractivity contribution is 0.835. The number of thiophene rings is 1. The summed E-state index contributed by atoms with van der Waals surface area (Å²) in [7, 11) is 0. The van der Waals surface area contributed by atoms with Gasteiger partial charge in [0.2, 0.25) is 0 Å². The molecule has 0 fully saturated rings. The van der Waals surface area contributed by atoms with Crippen LogP contribution in [0.25, 0.3) is 31.8 Å². The molecule has 0 atom stereocenters. The largest absolute Gasteiger partial charge is 0.256 e. The van der Waals surface area contributed by atoms with Gasteiger partial charge in [-0.05, 0) is 66.6 Å². The van der Waals surface area contributed by atoms with Gasteiger partial charge in [-0.2, -0.15) is 0 Å². The maximum atomic E-state index is 4.76. The second-order valence-electron chi connectivity index (χ2n) is 8.79. The molecule has 0 saturated heterocycles. The first-order valence-corrected chi connectivity index (χ1v) is 11.3. The van der Waals surface area contributed by atoms with E-state index in [1.54, 1.807) is 0 Å². The van der Waals surface area contributed by atoms with E-state index in [2.05, 4.69) is 90.1 Å². The van der Waals surface area contributed by atoms with E-state index >= 15 is 0 Å². The molecule has 0 saturated carbocycles. The van der Waals surface area contributed by atoms with Crippen LogP contribution in [0.5, 0.6) is 0 Å². The Labute approximate surface area is 178 Å². The van der Waals surface area contributed by atoms with E-state index in [1.807, 2.05) is 17.5 Å². The molecule has 148 valence electrons. The first-order valence-electron chi connectivity index (χ1n) is 10.4. The fourth-order valence-electron chi connectivity index (χ4n) is 3.84. The Hall–Kier alpha value is -2.45. The minimum absolute atomic E-state index is 0.527. The molecule has 2 aromatic heterocycles. The summed E-state index contributed by atoms with van der Waals surface area (Å²) in [6.07, 6.45) is 2.03. The fraction of sp³-hybridized carbons (Fsp3) is 0.296. The predicted molar refractivity (Wildman–Crippen MR) is 128 cm³/mol. The summed E-state index contributed by atoms with van der Waals surface area (Å²) < 4.78 is 1.30. The Balaban J connectivity index is 1.80. The molecular weight excluding hydrogens is 370 g/mol. The van der Waals surface area contributed by atoms with Gasteiger partial charge in [-0.1, -0.05) is 63.1 Å². The van der Waals surface area contributed by atoms with Crippen molar-refractivity contribution in [2.75, 3.05) is 0 Å². The molecule has 4 rings (SSSR count). The van der Waals surface area contributed by atoms with E-state index in [0.29, 0.717) is 11.8 Å². The fourth-order valence-corrected chi connectivity index (χ4v) is 4.90. The summed E-state index contributed by atoms with van der Waals surface area (Å²) in [5.74, 6) is 1.05. The van der Waals surface area contributed by atoms with Crippen LogP contribution in [0.2, 0.25) is 0 Å². The van der Waals surface area contributed by atoms with Gasteiger partial charge in [0.15, 0.2) is 0 Å². The molecule has 29 heavy (non-hydrogen) atoms. The number of benzene rings is 2. The van der Waals surface area contributed by atoms with Crippen molar-refractivity contribution < 1.29 is 0 Å². The molecule has 1 nitrogen and oxygen atoms in total. The van der Waals surface area contributed by atoms with Crippen LogP contribution in [0.15, 0.2) is 54.7 Å². The van der Waals surface area contributed by atoms with Gasteiger partial charge >= 0.3 is 0 Å². The van der Waals surface area contributed by atoms with Crippen LogP contribution in [0.3, 0.4) is 0 Å². The zero-order valence-electron chi connectivity index (χ0n) is 18.2. The number of hydrogen-bond acceptors (Lipinski definition) is 2. The molecule has 2 heteroatoms. The summed E-state index contributed by atoms with van der Waals surface area (Å²) in [4.78, 5) is 6.09. The van der Waals surface area contributed by atoms with Crippen molar-refractivity contribution in [2.45, 2.75) is 53.4 Å². The van der Waals surface area contributed by atoms with Gasteiger partial charge in [0.25, 0.3) is 0 Å². The average molecular weight is 400 g/mol. The minimum atomic E-state index is 0.527. The molecule has 0 amide bonds. The smallest absolute Gasteiger partial charge is 0.0716 e. The highest BCUT2D eigenvalue weighted by Gasteiger charge is 2.12. The Bertz CT molecular complexity index is 1130. The van der Waals surface area contributed by atoms with Crippen molar-refractivity contribution >= 4 is 21.4 Å². The maximum absolute atomic E-state index is 4.76. The number of nitrogens with zero attached hydrogens (tertiary/aromatic N) is 1. The van der Waals surface area contributed by atoms with Gasteiger partial charge in [0.1, 0.15) is 0 Å². The summed E-state index contributed by atoms with van der Waals surface area (Å²) in [6, 6.07) is 18.3. The van der Waals surface area contributed by atoms with Crippen molar-refractivity contribution in [2.24, 2.45) is 0 Å². The number of rotatable bonds is 4. The third kappa shape index (κ3) is 4.13. The topological polar surface area (TPSA) is 12.9 Å². The van der Waals surface area contributed by atoms with E-state index in [1.165, 1.54) is 48.3 Å². The number of pyridine rings is 1. The van der Waals surface area contributed by atoms with Gasteiger partial charge in [0, 0.05) is 26.7 Å². The number of fused-ring (bicyclic) bond motifs is 1. The normalized spacial score (nSPS) is 11.7. The zero-order chi connectivity index (χ0) is 20.7. The first-order chi connectivity index (χ1) is 13.8. The summed E-state index contributed by atoms with van der Waals surface area (Å²) in [5.41, 5.74) is 8.96. The third-order valence-electron chi connectivity index (χ3n) is 5.51. The number of aryl methyl sites for hydroxylation is 2. The molecule has 0 spiro atoms. The van der Waals surface area contributed by atoms with Crippen LogP contribution in [-0.2, 0) is 0 Å². The molecule has 2 aromatic carbocycles. The van der Waals surface area contributed by atoms with Crippen LogP contribution in [0.1, 0.15) is 61.8 Å². The molecule has 0 N–H and O–H groups in total. The summed E-state index contributed by atoms with van der Waals surface area (Å²) in [5, 5.41) is 1.22. The van der Waals surface area contributed by atoms with Crippen molar-refractivity contribution in [3.05, 3.63) is 77.0 Å². The lowest BCUT2D eigenvalue weighted by Crippen LogP contribution is -1.94. The average Bonchev–Trinajstić information content (AvgIpc) is 3.10. The Kier molecular flexibility index (Phi) is 5.31. The Morgan fingerprint density at radius 3 is 1.90 bits per heavy atom. The van der Waals surface area contributed by atoms with E-state index in [-0.39, 0.29) is 0 Å². The van der Waals surface area contributed by atoms with Crippen LogP contribution in [-0.4, -0.2) is 4.98 Å². The monoisotopic (exact) mass is 399 g/mol. The Morgan fingerprint density at radius 1 is 0.690 bits per heavy atom. The van der Waals surface area contributed by atoms with Crippen LogP contribution >= 0.6 is 11.3 Å². The van der Waals surface area contributed by atoms with Gasteiger partial charge in [0.05, 0.1) is 5.69 Å². The SMILES string of the molecule is Cc1cc(C)cc(-c2cc3sc(-c4cc(C(C)C)cc(C(C)C)c4)cc3cn2)c1. The van der Waals surface area contributed by atoms with Gasteiger partial charge in [-0.15, -0.1) is 11.3 Å². The van der Waals surface area contributed by atoms with Crippen LogP contribution in [0, 0.1) is 13.8 Å². The molecule has 0 radical (unpaired) electrons. The van der Waals surface area contributed by atoms with Gasteiger partial charge in [-0.25, -0.2) is 0 Å². The minimum Gasteiger partial charge on any atom is -0.256 e. The summed E-state index contributed by atoms with van der Waals surface area (Å²) in [6.45, 7) is 13.4. The van der Waals surface area contributed by atoms with Gasteiger partial charge < -0.3 is 0 Å². The van der Waals surface area contributed by atoms with Gasteiger partial charge in [-0.3, -0.25) is 4.98 Å². The summed E-state index contributed by atoms with van der Waals surface area (Å²) >= 11 is 1.87. The second-order valence-corrected chi connectivity index (χ2v) is 9.88. The van der Waals surface area contributed by atoms with Crippen LogP contribution in [0.4, 0.5) is 0 Å². The lowest BCUT2D eigenvalue weighted by Gasteiger charge is -2.13. The number of aromatic nitrogens is 1. The third-order valence-corrected chi connectivity index (χ3v) is 6.66. The number of hydrogen-bond donors (Lipinski definition) is 0. The van der Waals surface area contributed by atoms with E-state index in [0.717, 1.165) is 5.69 Å². The molecule has 2 heterocycles. The molecule has 4 aromatic rings. The Morgan fingerprint density at radius 2 is 1.31 bits per heavy atom. The molecule has 0 bridgehead atoms. The molecule has 0 aliphatic heterocycles. The molecular formula is C27H29NS. The highest BCUT2D eigenvalue weighted by molar-refractivity contribution is 7.22. The quantitative estimate of drug-likeness (QED) is 0.335. The van der Waals surface area contributed by atoms with Crippen molar-refractivity contribution in [3.63, 3.8) is 0 Å². The first kappa shape index (κ1) is 19.8. The van der Waals surface area contributed by atoms with Crippen molar-refractivity contribution in [1.82, 2.24) is 4.98 Å². The lowest BCUT2D eigenvalue weighted by atomic mass is 9.93. The molecule has 0 unspecified atom stereocenters. The van der Waals surface area contributed by atoms with E-state index in [9.17, 15) is 0 Å². The standard InChI is InChI=1S/C27H29NS/c1-16(2)20-10-21(17(3)4)12-23(11-20)26-13-24-15-28-25(14-27(24)29-26)22-8-18(5)7-19(6)9-22/h7-17H,1-6H3. The van der Waals surface area contributed by atoms with Crippen LogP contribution < -0.4 is 0 Å². The van der Waals surface area contributed by atoms with E-state index in [4.69, 9.17) is 4.98 Å². The predicted octanol–water partition coefficient (Wildman–Crippen LogP) is 8.49. The van der Waals surface area contributed by atoms with Crippen molar-refractivity contribution in [1.29, 1.82) is 0 Å². The maximum Gasteiger partial charge on any atom is 0.0716 e. The molecule has 0 aliphatic rings. The highest BCUT2D eigenvalue weighted by Crippen LogP contribution is 2.37. The molecule has 0 aliphatic carbocycles. The zero-order valence-corrected chi connectivity index (χ0v) is 19.0. The highest BCUT2D eigenvalue weighted by atomic mass is 32.1.